The minimum atomic E-state index is 0. The lowest BCUT2D eigenvalue weighted by Crippen LogP contribution is -2.36. The molecule has 0 saturated heterocycles. The summed E-state index contributed by atoms with van der Waals surface area (Å²) in [5.41, 5.74) is 1.23. The molecule has 2 aromatic carbocycles. The number of fused-ring (bicyclic) bond motifs is 1. The zero-order chi connectivity index (χ0) is 13.5. The van der Waals surface area contributed by atoms with E-state index in [1.54, 1.807) is 0 Å². The average Bonchev–Trinajstić information content (AvgIpc) is 2.45. The maximum Gasteiger partial charge on any atom is 0.191 e. The lowest BCUT2D eigenvalue weighted by atomic mass is 10.1. The first-order chi connectivity index (χ1) is 9.33. The van der Waals surface area contributed by atoms with Crippen LogP contribution in [0.15, 0.2) is 47.5 Å². The molecular formula is C16H22IN3. The van der Waals surface area contributed by atoms with Crippen molar-refractivity contribution in [2.24, 2.45) is 4.99 Å². The number of hydrogen-bond acceptors (Lipinski definition) is 1. The number of rotatable bonds is 4. The fourth-order valence-corrected chi connectivity index (χ4v) is 2.02. The number of nitrogens with one attached hydrogen (secondary N) is 2. The first-order valence-corrected chi connectivity index (χ1v) is 6.83. The number of hydrogen-bond donors (Lipinski definition) is 2. The molecule has 0 radical (unpaired) electrons. The lowest BCUT2D eigenvalue weighted by molar-refractivity contribution is 0.839. The Morgan fingerprint density at radius 1 is 0.950 bits per heavy atom. The second-order valence-corrected chi connectivity index (χ2v) is 4.41. The van der Waals surface area contributed by atoms with Crippen molar-refractivity contribution in [3.05, 3.63) is 48.0 Å². The van der Waals surface area contributed by atoms with Crippen LogP contribution in [0.1, 0.15) is 19.4 Å². The Kier molecular flexibility index (Phi) is 7.36. The molecule has 0 aliphatic heterocycles. The van der Waals surface area contributed by atoms with Crippen LogP contribution in [0, 0.1) is 0 Å². The second kappa shape index (κ2) is 8.79. The van der Waals surface area contributed by atoms with Crippen LogP contribution in [0.4, 0.5) is 0 Å². The third kappa shape index (κ3) is 4.67. The van der Waals surface area contributed by atoms with Gasteiger partial charge in [-0.25, -0.2) is 4.99 Å². The summed E-state index contributed by atoms with van der Waals surface area (Å²) in [6.45, 7) is 6.60. The Labute approximate surface area is 137 Å². The zero-order valence-corrected chi connectivity index (χ0v) is 14.3. The van der Waals surface area contributed by atoms with E-state index in [-0.39, 0.29) is 24.0 Å². The van der Waals surface area contributed by atoms with E-state index in [2.05, 4.69) is 71.9 Å². The van der Waals surface area contributed by atoms with Gasteiger partial charge in [0.2, 0.25) is 0 Å². The monoisotopic (exact) mass is 383 g/mol. The molecule has 20 heavy (non-hydrogen) atoms. The molecule has 0 aliphatic carbocycles. The molecule has 0 bridgehead atoms. The largest absolute Gasteiger partial charge is 0.357 e. The third-order valence-corrected chi connectivity index (χ3v) is 2.92. The first kappa shape index (κ1) is 16.8. The van der Waals surface area contributed by atoms with E-state index in [0.717, 1.165) is 19.0 Å². The van der Waals surface area contributed by atoms with E-state index in [1.807, 2.05) is 0 Å². The summed E-state index contributed by atoms with van der Waals surface area (Å²) in [6, 6.07) is 14.9. The van der Waals surface area contributed by atoms with Gasteiger partial charge in [-0.15, -0.1) is 24.0 Å². The summed E-state index contributed by atoms with van der Waals surface area (Å²) in [5.74, 6) is 0.873. The second-order valence-electron chi connectivity index (χ2n) is 4.41. The van der Waals surface area contributed by atoms with Crippen LogP contribution >= 0.6 is 24.0 Å². The van der Waals surface area contributed by atoms with Crippen LogP contribution in [-0.4, -0.2) is 19.0 Å². The van der Waals surface area contributed by atoms with Gasteiger partial charge in [0.15, 0.2) is 5.96 Å². The summed E-state index contributed by atoms with van der Waals surface area (Å²) in [4.78, 5) is 4.57. The maximum absolute atomic E-state index is 4.57. The molecule has 0 fully saturated rings. The van der Waals surface area contributed by atoms with Crippen LogP contribution in [0.2, 0.25) is 0 Å². The topological polar surface area (TPSA) is 36.4 Å². The Bertz CT molecular complexity index is 558. The molecule has 2 rings (SSSR count). The molecule has 3 nitrogen and oxygen atoms in total. The van der Waals surface area contributed by atoms with Crippen molar-refractivity contribution in [3.63, 3.8) is 0 Å². The molecule has 2 N–H and O–H groups in total. The summed E-state index contributed by atoms with van der Waals surface area (Å²) in [5, 5.41) is 9.00. The molecular weight excluding hydrogens is 361 g/mol. The molecule has 0 spiro atoms. The number of benzene rings is 2. The van der Waals surface area contributed by atoms with Gasteiger partial charge in [-0.05, 0) is 36.2 Å². The smallest absolute Gasteiger partial charge is 0.191 e. The Morgan fingerprint density at radius 2 is 1.60 bits per heavy atom. The maximum atomic E-state index is 4.57. The Morgan fingerprint density at radius 3 is 2.25 bits per heavy atom. The van der Waals surface area contributed by atoms with Crippen molar-refractivity contribution in [2.45, 2.75) is 20.4 Å². The van der Waals surface area contributed by atoms with Gasteiger partial charge in [-0.1, -0.05) is 36.4 Å². The molecule has 4 heteroatoms. The average molecular weight is 383 g/mol. The van der Waals surface area contributed by atoms with Crippen molar-refractivity contribution in [2.75, 3.05) is 13.1 Å². The van der Waals surface area contributed by atoms with Gasteiger partial charge >= 0.3 is 0 Å². The predicted octanol–water partition coefficient (Wildman–Crippen LogP) is 3.53. The fraction of sp³-hybridized carbons (Fsp3) is 0.312. The molecule has 0 atom stereocenters. The molecule has 0 aliphatic rings. The van der Waals surface area contributed by atoms with Crippen molar-refractivity contribution < 1.29 is 0 Å². The van der Waals surface area contributed by atoms with E-state index >= 15 is 0 Å². The van der Waals surface area contributed by atoms with Gasteiger partial charge in [0.25, 0.3) is 0 Å². The van der Waals surface area contributed by atoms with Crippen LogP contribution in [-0.2, 0) is 6.54 Å². The van der Waals surface area contributed by atoms with Gasteiger partial charge in [0.05, 0.1) is 6.54 Å². The Hall–Kier alpha value is -1.30. The van der Waals surface area contributed by atoms with Crippen LogP contribution in [0.5, 0.6) is 0 Å². The van der Waals surface area contributed by atoms with E-state index in [9.17, 15) is 0 Å². The standard InChI is InChI=1S/C16H21N3.HI/c1-3-17-16(18-4-2)19-12-13-9-10-14-7-5-6-8-15(14)11-13;/h5-11H,3-4,12H2,1-2H3,(H2,17,18,19);1H. The quantitative estimate of drug-likeness (QED) is 0.482. The van der Waals surface area contributed by atoms with Crippen molar-refractivity contribution in [1.29, 1.82) is 0 Å². The van der Waals surface area contributed by atoms with Gasteiger partial charge in [0, 0.05) is 13.1 Å². The van der Waals surface area contributed by atoms with Crippen LogP contribution in [0.3, 0.4) is 0 Å². The highest BCUT2D eigenvalue weighted by Gasteiger charge is 1.97. The molecule has 0 saturated carbocycles. The molecule has 0 heterocycles. The van der Waals surface area contributed by atoms with Gasteiger partial charge in [-0.3, -0.25) is 0 Å². The minimum Gasteiger partial charge on any atom is -0.357 e. The summed E-state index contributed by atoms with van der Waals surface area (Å²) in [6.07, 6.45) is 0. The number of guanidine groups is 1. The summed E-state index contributed by atoms with van der Waals surface area (Å²) >= 11 is 0. The van der Waals surface area contributed by atoms with Crippen LogP contribution < -0.4 is 10.6 Å². The Balaban J connectivity index is 0.00000200. The number of aliphatic imine (C=N–C) groups is 1. The normalized spacial score (nSPS) is 9.70. The summed E-state index contributed by atoms with van der Waals surface area (Å²) in [7, 11) is 0. The van der Waals surface area contributed by atoms with E-state index in [1.165, 1.54) is 16.3 Å². The highest BCUT2D eigenvalue weighted by Crippen LogP contribution is 2.16. The van der Waals surface area contributed by atoms with Crippen molar-refractivity contribution in [3.8, 4) is 0 Å². The minimum absolute atomic E-state index is 0. The number of nitrogens with zero attached hydrogens (tertiary/aromatic N) is 1. The molecule has 108 valence electrons. The van der Waals surface area contributed by atoms with Gasteiger partial charge in [-0.2, -0.15) is 0 Å². The highest BCUT2D eigenvalue weighted by molar-refractivity contribution is 14.0. The highest BCUT2D eigenvalue weighted by atomic mass is 127. The zero-order valence-electron chi connectivity index (χ0n) is 12.0. The van der Waals surface area contributed by atoms with Gasteiger partial charge in [0.1, 0.15) is 0 Å². The SMILES string of the molecule is CCNC(=NCc1ccc2ccccc2c1)NCC.I. The first-order valence-electron chi connectivity index (χ1n) is 6.83. The van der Waals surface area contributed by atoms with E-state index in [4.69, 9.17) is 0 Å². The predicted molar refractivity (Wildman–Crippen MR) is 97.9 cm³/mol. The number of halogens is 1. The summed E-state index contributed by atoms with van der Waals surface area (Å²) < 4.78 is 0. The fourth-order valence-electron chi connectivity index (χ4n) is 2.02. The van der Waals surface area contributed by atoms with E-state index < -0.39 is 0 Å². The lowest BCUT2D eigenvalue weighted by Gasteiger charge is -2.09. The van der Waals surface area contributed by atoms with Crippen LogP contribution in [0.25, 0.3) is 10.8 Å². The molecule has 0 amide bonds. The third-order valence-electron chi connectivity index (χ3n) is 2.92. The van der Waals surface area contributed by atoms with E-state index in [0.29, 0.717) is 6.54 Å². The molecule has 0 aromatic heterocycles. The molecule has 2 aromatic rings. The van der Waals surface area contributed by atoms with Crippen molar-refractivity contribution >= 4 is 40.7 Å². The van der Waals surface area contributed by atoms with Crippen molar-refractivity contribution in [1.82, 2.24) is 10.6 Å². The molecule has 0 unspecified atom stereocenters. The van der Waals surface area contributed by atoms with Gasteiger partial charge < -0.3 is 10.6 Å².